The van der Waals surface area contributed by atoms with E-state index in [1.54, 1.807) is 7.05 Å². The fourth-order valence-electron chi connectivity index (χ4n) is 1.23. The third kappa shape index (κ3) is 3.53. The van der Waals surface area contributed by atoms with Crippen LogP contribution in [0, 0.1) is 0 Å². The Morgan fingerprint density at radius 2 is 2.13 bits per heavy atom. The van der Waals surface area contributed by atoms with E-state index in [0.717, 1.165) is 5.56 Å². The van der Waals surface area contributed by atoms with E-state index in [1.807, 2.05) is 24.3 Å². The molecule has 1 rings (SSSR count). The Labute approximate surface area is 94.3 Å². The van der Waals surface area contributed by atoms with Crippen molar-refractivity contribution in [3.8, 4) is 0 Å². The van der Waals surface area contributed by atoms with Gasteiger partial charge in [0.25, 0.3) is 0 Å². The van der Waals surface area contributed by atoms with E-state index in [9.17, 15) is 4.79 Å². The summed E-state index contributed by atoms with van der Waals surface area (Å²) < 4.78 is 0. The van der Waals surface area contributed by atoms with Crippen molar-refractivity contribution in [2.75, 3.05) is 20.2 Å². The SMILES string of the molecule is CN(CCc1ccccc1Cl)C(=O)CO. The average molecular weight is 228 g/mol. The Hall–Kier alpha value is -1.06. The first-order chi connectivity index (χ1) is 7.15. The van der Waals surface area contributed by atoms with E-state index in [1.165, 1.54) is 4.90 Å². The highest BCUT2D eigenvalue weighted by Crippen LogP contribution is 2.15. The van der Waals surface area contributed by atoms with Crippen molar-refractivity contribution in [3.63, 3.8) is 0 Å². The van der Waals surface area contributed by atoms with Gasteiger partial charge in [0.05, 0.1) is 0 Å². The van der Waals surface area contributed by atoms with Gasteiger partial charge in [0.15, 0.2) is 0 Å². The van der Waals surface area contributed by atoms with Gasteiger partial charge < -0.3 is 10.0 Å². The molecule has 1 aromatic rings. The van der Waals surface area contributed by atoms with Crippen LogP contribution in [-0.2, 0) is 11.2 Å². The molecule has 0 spiro atoms. The molecule has 0 aliphatic heterocycles. The van der Waals surface area contributed by atoms with Crippen molar-refractivity contribution in [2.45, 2.75) is 6.42 Å². The van der Waals surface area contributed by atoms with Crippen LogP contribution in [0.3, 0.4) is 0 Å². The Balaban J connectivity index is 2.50. The topological polar surface area (TPSA) is 40.5 Å². The van der Waals surface area contributed by atoms with E-state index >= 15 is 0 Å². The third-order valence-corrected chi connectivity index (χ3v) is 2.60. The number of nitrogens with zero attached hydrogens (tertiary/aromatic N) is 1. The maximum Gasteiger partial charge on any atom is 0.248 e. The summed E-state index contributed by atoms with van der Waals surface area (Å²) in [6.45, 7) is 0.113. The third-order valence-electron chi connectivity index (χ3n) is 2.24. The number of halogens is 1. The second-order valence-electron chi connectivity index (χ2n) is 3.31. The van der Waals surface area contributed by atoms with E-state index < -0.39 is 6.61 Å². The van der Waals surface area contributed by atoms with Gasteiger partial charge in [-0.05, 0) is 18.1 Å². The van der Waals surface area contributed by atoms with E-state index in [2.05, 4.69) is 0 Å². The van der Waals surface area contributed by atoms with Gasteiger partial charge in [0, 0.05) is 18.6 Å². The minimum Gasteiger partial charge on any atom is -0.387 e. The van der Waals surface area contributed by atoms with Crippen LogP contribution in [0.15, 0.2) is 24.3 Å². The molecular formula is C11H14ClNO2. The van der Waals surface area contributed by atoms with Crippen molar-refractivity contribution < 1.29 is 9.90 Å². The molecule has 1 amide bonds. The molecule has 4 heteroatoms. The van der Waals surface area contributed by atoms with Crippen molar-refractivity contribution in [3.05, 3.63) is 34.9 Å². The van der Waals surface area contributed by atoms with Gasteiger partial charge in [-0.15, -0.1) is 0 Å². The summed E-state index contributed by atoms with van der Waals surface area (Å²) in [5.41, 5.74) is 1.01. The number of amides is 1. The number of benzene rings is 1. The van der Waals surface area contributed by atoms with Crippen LogP contribution in [0.25, 0.3) is 0 Å². The fourth-order valence-corrected chi connectivity index (χ4v) is 1.46. The molecule has 0 atom stereocenters. The predicted octanol–water partition coefficient (Wildman–Crippen LogP) is 1.33. The number of hydrogen-bond acceptors (Lipinski definition) is 2. The molecule has 0 saturated carbocycles. The van der Waals surface area contributed by atoms with Crippen LogP contribution < -0.4 is 0 Å². The maximum atomic E-state index is 11.1. The van der Waals surface area contributed by atoms with Crippen molar-refractivity contribution in [2.24, 2.45) is 0 Å². The molecule has 0 heterocycles. The van der Waals surface area contributed by atoms with Crippen LogP contribution in [0.4, 0.5) is 0 Å². The number of aliphatic hydroxyl groups excluding tert-OH is 1. The molecule has 0 aromatic heterocycles. The number of aliphatic hydroxyl groups is 1. The van der Waals surface area contributed by atoms with Gasteiger partial charge in [-0.1, -0.05) is 29.8 Å². The van der Waals surface area contributed by atoms with Crippen LogP contribution in [0.2, 0.25) is 5.02 Å². The van der Waals surface area contributed by atoms with Gasteiger partial charge in [0.2, 0.25) is 5.91 Å². The summed E-state index contributed by atoms with van der Waals surface area (Å²) in [6.07, 6.45) is 0.696. The first kappa shape index (κ1) is 12.0. The molecule has 1 N–H and O–H groups in total. The highest BCUT2D eigenvalue weighted by Gasteiger charge is 2.07. The zero-order chi connectivity index (χ0) is 11.3. The first-order valence-corrected chi connectivity index (χ1v) is 5.11. The standard InChI is InChI=1S/C11H14ClNO2/c1-13(11(15)8-14)7-6-9-4-2-3-5-10(9)12/h2-5,14H,6-8H2,1H3. The summed E-state index contributed by atoms with van der Waals surface area (Å²) in [7, 11) is 1.66. The molecule has 0 aliphatic carbocycles. The van der Waals surface area contributed by atoms with Gasteiger partial charge >= 0.3 is 0 Å². The Kier molecular flexibility index (Phi) is 4.59. The van der Waals surface area contributed by atoms with Crippen molar-refractivity contribution >= 4 is 17.5 Å². The van der Waals surface area contributed by atoms with Crippen molar-refractivity contribution in [1.29, 1.82) is 0 Å². The Morgan fingerprint density at radius 3 is 2.73 bits per heavy atom. The molecule has 3 nitrogen and oxygen atoms in total. The smallest absolute Gasteiger partial charge is 0.248 e. The van der Waals surface area contributed by atoms with Gasteiger partial charge in [0.1, 0.15) is 6.61 Å². The van der Waals surface area contributed by atoms with Gasteiger partial charge in [-0.25, -0.2) is 0 Å². The van der Waals surface area contributed by atoms with Crippen molar-refractivity contribution in [1.82, 2.24) is 4.90 Å². The maximum absolute atomic E-state index is 11.1. The summed E-state index contributed by atoms with van der Waals surface area (Å²) in [6, 6.07) is 7.54. The minimum absolute atomic E-state index is 0.276. The molecule has 15 heavy (non-hydrogen) atoms. The molecule has 0 fully saturated rings. The second kappa shape index (κ2) is 5.73. The lowest BCUT2D eigenvalue weighted by atomic mass is 10.1. The lowest BCUT2D eigenvalue weighted by Gasteiger charge is -2.15. The van der Waals surface area contributed by atoms with Crippen LogP contribution in [0.5, 0.6) is 0 Å². The molecule has 0 radical (unpaired) electrons. The van der Waals surface area contributed by atoms with E-state index in [0.29, 0.717) is 18.0 Å². The zero-order valence-electron chi connectivity index (χ0n) is 8.61. The van der Waals surface area contributed by atoms with E-state index in [4.69, 9.17) is 16.7 Å². The highest BCUT2D eigenvalue weighted by atomic mass is 35.5. The molecule has 0 bridgehead atoms. The molecule has 0 unspecified atom stereocenters. The number of hydrogen-bond donors (Lipinski definition) is 1. The number of likely N-dealkylation sites (N-methyl/N-ethyl adjacent to an activating group) is 1. The fraction of sp³-hybridized carbons (Fsp3) is 0.364. The largest absolute Gasteiger partial charge is 0.387 e. The quantitative estimate of drug-likeness (QED) is 0.843. The Morgan fingerprint density at radius 1 is 1.47 bits per heavy atom. The lowest BCUT2D eigenvalue weighted by molar-refractivity contribution is -0.132. The average Bonchev–Trinajstić information content (AvgIpc) is 2.26. The van der Waals surface area contributed by atoms with E-state index in [-0.39, 0.29) is 5.91 Å². The lowest BCUT2D eigenvalue weighted by Crippen LogP contribution is -2.31. The molecule has 0 saturated heterocycles. The highest BCUT2D eigenvalue weighted by molar-refractivity contribution is 6.31. The Bertz CT molecular complexity index is 341. The molecule has 82 valence electrons. The zero-order valence-corrected chi connectivity index (χ0v) is 9.37. The summed E-state index contributed by atoms with van der Waals surface area (Å²) in [5.74, 6) is -0.276. The molecule has 1 aromatic carbocycles. The summed E-state index contributed by atoms with van der Waals surface area (Å²) in [5, 5.41) is 9.35. The normalized spacial score (nSPS) is 10.1. The summed E-state index contributed by atoms with van der Waals surface area (Å²) >= 11 is 5.97. The second-order valence-corrected chi connectivity index (χ2v) is 3.72. The number of rotatable bonds is 4. The molecular weight excluding hydrogens is 214 g/mol. The van der Waals surface area contributed by atoms with Crippen LogP contribution >= 0.6 is 11.6 Å². The van der Waals surface area contributed by atoms with Crippen LogP contribution in [-0.4, -0.2) is 36.1 Å². The number of carbonyl (C=O) groups is 1. The first-order valence-electron chi connectivity index (χ1n) is 4.73. The van der Waals surface area contributed by atoms with Gasteiger partial charge in [-0.2, -0.15) is 0 Å². The monoisotopic (exact) mass is 227 g/mol. The molecule has 0 aliphatic rings. The van der Waals surface area contributed by atoms with Crippen LogP contribution in [0.1, 0.15) is 5.56 Å². The summed E-state index contributed by atoms with van der Waals surface area (Å²) in [4.78, 5) is 12.6. The minimum atomic E-state index is -0.445. The number of carbonyl (C=O) groups excluding carboxylic acids is 1. The predicted molar refractivity (Wildman–Crippen MR) is 59.9 cm³/mol. The van der Waals surface area contributed by atoms with Gasteiger partial charge in [-0.3, -0.25) is 4.79 Å².